The van der Waals surface area contributed by atoms with Crippen LogP contribution in [0, 0.1) is 6.92 Å². The van der Waals surface area contributed by atoms with Crippen LogP contribution in [-0.2, 0) is 6.42 Å². The molecule has 0 amide bonds. The van der Waals surface area contributed by atoms with Gasteiger partial charge in [0.25, 0.3) is 0 Å². The molecule has 6 nitrogen and oxygen atoms in total. The van der Waals surface area contributed by atoms with Gasteiger partial charge >= 0.3 is 0 Å². The number of aryl methyl sites for hydroxylation is 1. The number of nitrogens with zero attached hydrogens (tertiary/aromatic N) is 5. The molecule has 0 atom stereocenters. The van der Waals surface area contributed by atoms with Crippen LogP contribution in [0.3, 0.4) is 0 Å². The van der Waals surface area contributed by atoms with E-state index >= 15 is 0 Å². The van der Waals surface area contributed by atoms with Crippen molar-refractivity contribution < 1.29 is 4.74 Å². The number of rotatable bonds is 3. The first-order chi connectivity index (χ1) is 11.7. The van der Waals surface area contributed by atoms with Crippen LogP contribution in [0.5, 0.6) is 5.88 Å². The van der Waals surface area contributed by atoms with Crippen LogP contribution in [0.4, 0.5) is 11.5 Å². The van der Waals surface area contributed by atoms with Crippen molar-refractivity contribution in [2.45, 2.75) is 32.3 Å². The van der Waals surface area contributed by atoms with Crippen molar-refractivity contribution in [2.24, 2.45) is 0 Å². The van der Waals surface area contributed by atoms with Gasteiger partial charge in [0.1, 0.15) is 18.2 Å². The van der Waals surface area contributed by atoms with E-state index < -0.39 is 0 Å². The van der Waals surface area contributed by atoms with Gasteiger partial charge in [0.05, 0.1) is 16.9 Å². The molecule has 0 bridgehead atoms. The summed E-state index contributed by atoms with van der Waals surface area (Å²) in [6.07, 6.45) is 6.72. The third-order valence-corrected chi connectivity index (χ3v) is 4.94. The first-order valence-corrected chi connectivity index (χ1v) is 8.60. The molecule has 0 unspecified atom stereocenters. The number of pyridine rings is 1. The third-order valence-electron chi connectivity index (χ3n) is 4.94. The minimum absolute atomic E-state index is 0.259. The summed E-state index contributed by atoms with van der Waals surface area (Å²) in [5, 5.41) is 0. The van der Waals surface area contributed by atoms with Crippen LogP contribution >= 0.6 is 0 Å². The summed E-state index contributed by atoms with van der Waals surface area (Å²) in [4.78, 5) is 17.9. The van der Waals surface area contributed by atoms with E-state index in [1.54, 1.807) is 6.33 Å². The minimum atomic E-state index is 0.259. The summed E-state index contributed by atoms with van der Waals surface area (Å²) in [5.74, 6) is 1.72. The highest BCUT2D eigenvalue weighted by Crippen LogP contribution is 2.37. The lowest BCUT2D eigenvalue weighted by atomic mass is 10.1. The van der Waals surface area contributed by atoms with Crippen molar-refractivity contribution in [1.82, 2.24) is 19.9 Å². The van der Waals surface area contributed by atoms with Crippen molar-refractivity contribution in [3.05, 3.63) is 35.9 Å². The molecule has 2 aromatic heterocycles. The van der Waals surface area contributed by atoms with Gasteiger partial charge in [-0.1, -0.05) is 0 Å². The standard InChI is InChI=1S/C18H23N5O/c1-13-16(4-3-8-19-13)23-11-7-15-17(23)20-12-21-18(15)24-14-5-9-22(2)10-6-14/h3-4,8,12,14H,5-7,9-11H2,1-2H3. The average Bonchev–Trinajstić information content (AvgIpc) is 3.02. The molecule has 0 N–H and O–H groups in total. The quantitative estimate of drug-likeness (QED) is 0.863. The predicted molar refractivity (Wildman–Crippen MR) is 92.9 cm³/mol. The molecular weight excluding hydrogens is 302 g/mol. The van der Waals surface area contributed by atoms with Crippen LogP contribution < -0.4 is 9.64 Å². The Hall–Kier alpha value is -2.21. The molecule has 24 heavy (non-hydrogen) atoms. The van der Waals surface area contributed by atoms with E-state index in [1.807, 2.05) is 19.2 Å². The topological polar surface area (TPSA) is 54.4 Å². The first kappa shape index (κ1) is 15.3. The summed E-state index contributed by atoms with van der Waals surface area (Å²) < 4.78 is 6.24. The van der Waals surface area contributed by atoms with Gasteiger partial charge < -0.3 is 14.5 Å². The molecule has 4 heterocycles. The molecule has 0 aromatic carbocycles. The van der Waals surface area contributed by atoms with E-state index in [-0.39, 0.29) is 6.10 Å². The van der Waals surface area contributed by atoms with Gasteiger partial charge in [0.2, 0.25) is 5.88 Å². The number of likely N-dealkylation sites (tertiary alicyclic amines) is 1. The van der Waals surface area contributed by atoms with E-state index in [2.05, 4.69) is 37.9 Å². The Morgan fingerprint density at radius 2 is 1.96 bits per heavy atom. The van der Waals surface area contributed by atoms with Gasteiger partial charge in [-0.15, -0.1) is 0 Å². The number of piperidine rings is 1. The second kappa shape index (κ2) is 6.36. The van der Waals surface area contributed by atoms with E-state index in [0.717, 1.165) is 67.5 Å². The molecule has 2 aliphatic rings. The number of anilines is 2. The molecule has 6 heteroatoms. The fourth-order valence-electron chi connectivity index (χ4n) is 3.53. The van der Waals surface area contributed by atoms with Gasteiger partial charge in [-0.3, -0.25) is 4.98 Å². The number of ether oxygens (including phenoxy) is 1. The molecule has 0 saturated carbocycles. The normalized spacial score (nSPS) is 18.7. The van der Waals surface area contributed by atoms with E-state index in [1.165, 1.54) is 0 Å². The zero-order valence-electron chi connectivity index (χ0n) is 14.3. The van der Waals surface area contributed by atoms with Gasteiger partial charge in [-0.25, -0.2) is 9.97 Å². The zero-order chi connectivity index (χ0) is 16.5. The van der Waals surface area contributed by atoms with Crippen LogP contribution in [0.25, 0.3) is 0 Å². The van der Waals surface area contributed by atoms with Crippen molar-refractivity contribution in [1.29, 1.82) is 0 Å². The molecular formula is C18H23N5O. The summed E-state index contributed by atoms with van der Waals surface area (Å²) in [5.41, 5.74) is 3.25. The Bertz CT molecular complexity index is 727. The maximum Gasteiger partial charge on any atom is 0.222 e. The zero-order valence-corrected chi connectivity index (χ0v) is 14.3. The molecule has 2 aromatic rings. The van der Waals surface area contributed by atoms with Gasteiger partial charge in [0.15, 0.2) is 0 Å². The van der Waals surface area contributed by atoms with Crippen LogP contribution in [0.1, 0.15) is 24.1 Å². The number of fused-ring (bicyclic) bond motifs is 1. The molecule has 1 fully saturated rings. The number of hydrogen-bond acceptors (Lipinski definition) is 6. The lowest BCUT2D eigenvalue weighted by Gasteiger charge is -2.29. The van der Waals surface area contributed by atoms with E-state index in [9.17, 15) is 0 Å². The highest BCUT2D eigenvalue weighted by molar-refractivity contribution is 5.69. The van der Waals surface area contributed by atoms with E-state index in [0.29, 0.717) is 0 Å². The second-order valence-corrected chi connectivity index (χ2v) is 6.61. The smallest absolute Gasteiger partial charge is 0.222 e. The highest BCUT2D eigenvalue weighted by atomic mass is 16.5. The van der Waals surface area contributed by atoms with Crippen molar-refractivity contribution >= 4 is 11.5 Å². The summed E-state index contributed by atoms with van der Waals surface area (Å²) in [6, 6.07) is 4.06. The lowest BCUT2D eigenvalue weighted by molar-refractivity contribution is 0.109. The molecule has 0 aliphatic carbocycles. The number of hydrogen-bond donors (Lipinski definition) is 0. The first-order valence-electron chi connectivity index (χ1n) is 8.60. The Kier molecular flexibility index (Phi) is 4.06. The van der Waals surface area contributed by atoms with Crippen molar-refractivity contribution in [3.8, 4) is 5.88 Å². The molecule has 4 rings (SSSR count). The highest BCUT2D eigenvalue weighted by Gasteiger charge is 2.29. The summed E-state index contributed by atoms with van der Waals surface area (Å²) in [6.45, 7) is 5.09. The predicted octanol–water partition coefficient (Wildman–Crippen LogP) is 2.35. The monoisotopic (exact) mass is 325 g/mol. The van der Waals surface area contributed by atoms with Gasteiger partial charge in [0, 0.05) is 25.8 Å². The summed E-state index contributed by atoms with van der Waals surface area (Å²) >= 11 is 0. The molecule has 0 spiro atoms. The minimum Gasteiger partial charge on any atom is -0.474 e. The van der Waals surface area contributed by atoms with Crippen molar-refractivity contribution in [2.75, 3.05) is 31.6 Å². The summed E-state index contributed by atoms with van der Waals surface area (Å²) in [7, 11) is 2.16. The third kappa shape index (κ3) is 2.82. The molecule has 1 saturated heterocycles. The molecule has 2 aliphatic heterocycles. The molecule has 0 radical (unpaired) electrons. The lowest BCUT2D eigenvalue weighted by Crippen LogP contribution is -2.35. The Morgan fingerprint density at radius 3 is 2.75 bits per heavy atom. The van der Waals surface area contributed by atoms with Crippen LogP contribution in [0.2, 0.25) is 0 Å². The largest absolute Gasteiger partial charge is 0.474 e. The number of aromatic nitrogens is 3. The Morgan fingerprint density at radius 1 is 1.12 bits per heavy atom. The Balaban J connectivity index is 1.59. The van der Waals surface area contributed by atoms with Crippen molar-refractivity contribution in [3.63, 3.8) is 0 Å². The Labute approximate surface area is 142 Å². The second-order valence-electron chi connectivity index (χ2n) is 6.61. The maximum atomic E-state index is 6.24. The van der Waals surface area contributed by atoms with Crippen LogP contribution in [0.15, 0.2) is 24.7 Å². The average molecular weight is 325 g/mol. The van der Waals surface area contributed by atoms with E-state index in [4.69, 9.17) is 4.74 Å². The van der Waals surface area contributed by atoms with Gasteiger partial charge in [-0.05, 0) is 45.4 Å². The fourth-order valence-corrected chi connectivity index (χ4v) is 3.53. The van der Waals surface area contributed by atoms with Crippen LogP contribution in [-0.4, -0.2) is 52.6 Å². The molecule has 126 valence electrons. The fraction of sp³-hybridized carbons (Fsp3) is 0.500. The maximum absolute atomic E-state index is 6.24. The van der Waals surface area contributed by atoms with Gasteiger partial charge in [-0.2, -0.15) is 0 Å². The SMILES string of the molecule is Cc1ncccc1N1CCc2c(OC3CCN(C)CC3)ncnc21.